The van der Waals surface area contributed by atoms with E-state index < -0.39 is 0 Å². The summed E-state index contributed by atoms with van der Waals surface area (Å²) in [5.74, 6) is 2.80. The fourth-order valence-corrected chi connectivity index (χ4v) is 6.45. The average molecular weight is 524 g/mol. The van der Waals surface area contributed by atoms with Crippen LogP contribution in [0.25, 0.3) is 0 Å². The Kier molecular flexibility index (Phi) is 7.79. The summed E-state index contributed by atoms with van der Waals surface area (Å²) >= 11 is 1.98. The molecule has 6 heteroatoms. The van der Waals surface area contributed by atoms with Crippen molar-refractivity contribution in [3.05, 3.63) is 108 Å². The molecule has 5 nitrogen and oxygen atoms in total. The van der Waals surface area contributed by atoms with Crippen molar-refractivity contribution in [2.45, 2.75) is 36.9 Å². The Hall–Kier alpha value is -3.48. The molecule has 38 heavy (non-hydrogen) atoms. The lowest BCUT2D eigenvalue weighted by Gasteiger charge is -2.34. The van der Waals surface area contributed by atoms with Crippen LogP contribution in [-0.2, 0) is 13.2 Å². The van der Waals surface area contributed by atoms with Gasteiger partial charge in [0.15, 0.2) is 0 Å². The smallest absolute Gasteiger partial charge is 0.241 e. The van der Waals surface area contributed by atoms with E-state index in [2.05, 4.69) is 58.7 Å². The second-order valence-corrected chi connectivity index (χ2v) is 10.8. The van der Waals surface area contributed by atoms with Crippen LogP contribution >= 0.6 is 11.8 Å². The standard InChI is InChI=1S/C32H33N3O2S/c1-3-8-24(9-4-1)22-36-30-15-14-29(32(34-30)37-23-25-10-5-2-6-11-25)35-20-21-38-31-27(12-7-13-28(31)35)26-16-18-33-19-17-26/h1-15,26,33H,16-23H2. The summed E-state index contributed by atoms with van der Waals surface area (Å²) in [7, 11) is 0. The predicted molar refractivity (Wildman–Crippen MR) is 155 cm³/mol. The van der Waals surface area contributed by atoms with Gasteiger partial charge < -0.3 is 19.7 Å². The van der Waals surface area contributed by atoms with Gasteiger partial charge in [0.25, 0.3) is 0 Å². The fraction of sp³-hybridized carbons (Fsp3) is 0.281. The van der Waals surface area contributed by atoms with Gasteiger partial charge in [-0.1, -0.05) is 72.8 Å². The maximum atomic E-state index is 6.38. The molecule has 3 heterocycles. The molecule has 0 aliphatic carbocycles. The number of ether oxygens (including phenoxy) is 2. The highest BCUT2D eigenvalue weighted by Crippen LogP contribution is 2.46. The summed E-state index contributed by atoms with van der Waals surface area (Å²) in [4.78, 5) is 8.65. The van der Waals surface area contributed by atoms with Crippen molar-refractivity contribution in [1.29, 1.82) is 0 Å². The van der Waals surface area contributed by atoms with Crippen LogP contribution in [0.3, 0.4) is 0 Å². The van der Waals surface area contributed by atoms with E-state index >= 15 is 0 Å². The number of thioether (sulfide) groups is 1. The molecule has 4 aromatic rings. The first-order chi connectivity index (χ1) is 18.8. The second-order valence-electron chi connectivity index (χ2n) is 9.74. The van der Waals surface area contributed by atoms with Crippen LogP contribution in [0.15, 0.2) is 95.9 Å². The van der Waals surface area contributed by atoms with Crippen molar-refractivity contribution in [2.24, 2.45) is 0 Å². The van der Waals surface area contributed by atoms with Crippen molar-refractivity contribution < 1.29 is 9.47 Å². The summed E-state index contributed by atoms with van der Waals surface area (Å²) < 4.78 is 12.5. The monoisotopic (exact) mass is 523 g/mol. The van der Waals surface area contributed by atoms with Gasteiger partial charge in [-0.05, 0) is 60.7 Å². The third-order valence-corrected chi connectivity index (χ3v) is 8.33. The maximum absolute atomic E-state index is 6.38. The normalized spacial score (nSPS) is 15.6. The van der Waals surface area contributed by atoms with E-state index in [1.807, 2.05) is 54.2 Å². The minimum Gasteiger partial charge on any atom is -0.473 e. The van der Waals surface area contributed by atoms with E-state index in [4.69, 9.17) is 14.5 Å². The molecule has 0 radical (unpaired) electrons. The van der Waals surface area contributed by atoms with Crippen LogP contribution in [0.1, 0.15) is 35.4 Å². The van der Waals surface area contributed by atoms with E-state index in [9.17, 15) is 0 Å². The molecule has 6 rings (SSSR count). The number of benzene rings is 3. The zero-order valence-corrected chi connectivity index (χ0v) is 22.3. The molecule has 1 saturated heterocycles. The highest BCUT2D eigenvalue weighted by molar-refractivity contribution is 7.99. The van der Waals surface area contributed by atoms with Gasteiger partial charge in [0, 0.05) is 23.3 Å². The van der Waals surface area contributed by atoms with Crippen LogP contribution in [0, 0.1) is 0 Å². The van der Waals surface area contributed by atoms with Gasteiger partial charge in [0.05, 0.1) is 5.69 Å². The highest BCUT2D eigenvalue weighted by Gasteiger charge is 2.27. The Morgan fingerprint density at radius 3 is 2.21 bits per heavy atom. The molecular formula is C32H33N3O2S. The van der Waals surface area contributed by atoms with E-state index in [0.717, 1.165) is 42.2 Å². The number of rotatable bonds is 8. The number of nitrogens with one attached hydrogen (secondary N) is 1. The number of piperidine rings is 1. The van der Waals surface area contributed by atoms with Crippen molar-refractivity contribution in [3.8, 4) is 11.8 Å². The third-order valence-electron chi connectivity index (χ3n) is 7.21. The van der Waals surface area contributed by atoms with Gasteiger partial charge in [-0.15, -0.1) is 11.8 Å². The largest absolute Gasteiger partial charge is 0.473 e. The zero-order chi connectivity index (χ0) is 25.6. The molecular weight excluding hydrogens is 490 g/mol. The maximum Gasteiger partial charge on any atom is 0.241 e. The Labute approximate surface area is 229 Å². The summed E-state index contributed by atoms with van der Waals surface area (Å²) in [5.41, 5.74) is 5.94. The minimum absolute atomic E-state index is 0.452. The molecule has 1 fully saturated rings. The highest BCUT2D eigenvalue weighted by atomic mass is 32.2. The van der Waals surface area contributed by atoms with Crippen LogP contribution in [0.5, 0.6) is 11.8 Å². The van der Waals surface area contributed by atoms with Crippen molar-refractivity contribution >= 4 is 23.1 Å². The molecule has 2 aliphatic heterocycles. The molecule has 194 valence electrons. The number of pyridine rings is 1. The molecule has 2 aliphatic rings. The Morgan fingerprint density at radius 1 is 0.763 bits per heavy atom. The summed E-state index contributed by atoms with van der Waals surface area (Å²) in [6.07, 6.45) is 2.38. The first-order valence-electron chi connectivity index (χ1n) is 13.4. The number of fused-ring (bicyclic) bond motifs is 1. The Bertz CT molecular complexity index is 1340. The second kappa shape index (κ2) is 11.9. The van der Waals surface area contributed by atoms with Crippen LogP contribution in [0.2, 0.25) is 0 Å². The quantitative estimate of drug-likeness (QED) is 0.270. The molecule has 0 amide bonds. The summed E-state index contributed by atoms with van der Waals surface area (Å²) in [6, 6.07) is 31.3. The van der Waals surface area contributed by atoms with Crippen molar-refractivity contribution in [2.75, 3.05) is 30.3 Å². The number of anilines is 2. The molecule has 3 aromatic carbocycles. The lowest BCUT2D eigenvalue weighted by atomic mass is 9.89. The van der Waals surface area contributed by atoms with Crippen LogP contribution < -0.4 is 19.7 Å². The van der Waals surface area contributed by atoms with E-state index in [1.54, 1.807) is 0 Å². The molecule has 0 bridgehead atoms. The van der Waals surface area contributed by atoms with E-state index in [1.165, 1.54) is 29.0 Å². The van der Waals surface area contributed by atoms with E-state index in [-0.39, 0.29) is 0 Å². The fourth-order valence-electron chi connectivity index (χ4n) is 5.24. The number of hydrogen-bond acceptors (Lipinski definition) is 6. The summed E-state index contributed by atoms with van der Waals surface area (Å²) in [5, 5.41) is 3.51. The Morgan fingerprint density at radius 2 is 1.47 bits per heavy atom. The van der Waals surface area contributed by atoms with Gasteiger partial charge in [-0.25, -0.2) is 0 Å². The molecule has 0 atom stereocenters. The van der Waals surface area contributed by atoms with E-state index in [0.29, 0.717) is 30.9 Å². The van der Waals surface area contributed by atoms with Crippen LogP contribution in [-0.4, -0.2) is 30.4 Å². The van der Waals surface area contributed by atoms with Gasteiger partial charge >= 0.3 is 0 Å². The number of nitrogens with zero attached hydrogens (tertiary/aromatic N) is 2. The summed E-state index contributed by atoms with van der Waals surface area (Å²) in [6.45, 7) is 4.01. The zero-order valence-electron chi connectivity index (χ0n) is 21.5. The predicted octanol–water partition coefficient (Wildman–Crippen LogP) is 6.95. The molecule has 0 saturated carbocycles. The van der Waals surface area contributed by atoms with Crippen molar-refractivity contribution in [3.63, 3.8) is 0 Å². The molecule has 1 N–H and O–H groups in total. The first-order valence-corrected chi connectivity index (χ1v) is 14.4. The Balaban J connectivity index is 1.31. The van der Waals surface area contributed by atoms with Gasteiger partial charge in [0.1, 0.15) is 18.9 Å². The lowest BCUT2D eigenvalue weighted by molar-refractivity contribution is 0.268. The first kappa shape index (κ1) is 24.8. The molecule has 1 aromatic heterocycles. The minimum atomic E-state index is 0.452. The molecule has 0 spiro atoms. The number of aromatic nitrogens is 1. The third kappa shape index (κ3) is 5.66. The van der Waals surface area contributed by atoms with Crippen LogP contribution in [0.4, 0.5) is 11.4 Å². The number of hydrogen-bond donors (Lipinski definition) is 1. The van der Waals surface area contributed by atoms with Gasteiger partial charge in [-0.2, -0.15) is 4.98 Å². The SMILES string of the molecule is c1ccc(COc2ccc(N3CCSc4c(C5CCNCC5)cccc43)c(OCc3ccccc3)n2)cc1. The van der Waals surface area contributed by atoms with Crippen molar-refractivity contribution in [1.82, 2.24) is 10.3 Å². The van der Waals surface area contributed by atoms with Gasteiger partial charge in [-0.3, -0.25) is 0 Å². The average Bonchev–Trinajstić information content (AvgIpc) is 3.00. The lowest BCUT2D eigenvalue weighted by Crippen LogP contribution is -2.29. The van der Waals surface area contributed by atoms with Gasteiger partial charge in [0.2, 0.25) is 11.8 Å². The topological polar surface area (TPSA) is 46.6 Å². The molecule has 0 unspecified atom stereocenters.